The number of benzene rings is 2. The molecular formula is C18H19ClN2O2. The molecule has 0 aliphatic heterocycles. The Morgan fingerprint density at radius 1 is 0.957 bits per heavy atom. The molecule has 0 heterocycles. The van der Waals surface area contributed by atoms with Crippen molar-refractivity contribution in [1.29, 1.82) is 0 Å². The third-order valence-corrected chi connectivity index (χ3v) is 3.79. The predicted octanol–water partition coefficient (Wildman–Crippen LogP) is 2.74. The second-order valence-electron chi connectivity index (χ2n) is 5.19. The minimum absolute atomic E-state index is 0.0636. The first-order valence-corrected chi connectivity index (χ1v) is 7.79. The fourth-order valence-electron chi connectivity index (χ4n) is 2.16. The lowest BCUT2D eigenvalue weighted by Crippen LogP contribution is -2.35. The molecule has 2 aromatic carbocycles. The molecule has 2 N–H and O–H groups in total. The Hall–Kier alpha value is -2.33. The van der Waals surface area contributed by atoms with Crippen molar-refractivity contribution in [2.45, 2.75) is 13.3 Å². The van der Waals surface area contributed by atoms with Gasteiger partial charge >= 0.3 is 0 Å². The number of amides is 2. The molecule has 2 aromatic rings. The zero-order valence-electron chi connectivity index (χ0n) is 12.9. The lowest BCUT2D eigenvalue weighted by molar-refractivity contribution is -0.120. The van der Waals surface area contributed by atoms with Crippen LogP contribution in [0.3, 0.4) is 0 Å². The average molecular weight is 331 g/mol. The highest BCUT2D eigenvalue weighted by Gasteiger charge is 2.09. The molecule has 0 spiro atoms. The van der Waals surface area contributed by atoms with Crippen LogP contribution in [0.25, 0.3) is 0 Å². The summed E-state index contributed by atoms with van der Waals surface area (Å²) in [7, 11) is 0. The lowest BCUT2D eigenvalue weighted by atomic mass is 10.1. The number of nitrogens with one attached hydrogen (secondary N) is 2. The van der Waals surface area contributed by atoms with Crippen molar-refractivity contribution in [2.75, 3.05) is 13.1 Å². The highest BCUT2D eigenvalue weighted by Crippen LogP contribution is 2.14. The first kappa shape index (κ1) is 17.0. The first-order valence-electron chi connectivity index (χ1n) is 7.42. The monoisotopic (exact) mass is 330 g/mol. The second kappa shape index (κ2) is 8.34. The molecule has 0 radical (unpaired) electrons. The van der Waals surface area contributed by atoms with E-state index in [4.69, 9.17) is 11.6 Å². The molecule has 120 valence electrons. The highest BCUT2D eigenvalue weighted by atomic mass is 35.5. The zero-order valence-corrected chi connectivity index (χ0v) is 13.7. The standard InChI is InChI=1S/C18H19ClN2O2/c1-13-6-2-3-7-14(13)12-17(22)20-10-11-21-18(23)15-8-4-5-9-16(15)19/h2-9H,10-12H2,1H3,(H,20,22)(H,21,23). The van der Waals surface area contributed by atoms with Crippen molar-refractivity contribution in [3.63, 3.8) is 0 Å². The van der Waals surface area contributed by atoms with Gasteiger partial charge in [-0.05, 0) is 30.2 Å². The van der Waals surface area contributed by atoms with Crippen molar-refractivity contribution in [3.05, 3.63) is 70.2 Å². The molecular weight excluding hydrogens is 312 g/mol. The van der Waals surface area contributed by atoms with Gasteiger partial charge in [-0.2, -0.15) is 0 Å². The van der Waals surface area contributed by atoms with E-state index in [1.54, 1.807) is 24.3 Å². The number of hydrogen-bond donors (Lipinski definition) is 2. The molecule has 0 aliphatic carbocycles. The van der Waals surface area contributed by atoms with Crippen LogP contribution in [-0.2, 0) is 11.2 Å². The second-order valence-corrected chi connectivity index (χ2v) is 5.60. The van der Waals surface area contributed by atoms with Crippen LogP contribution < -0.4 is 10.6 Å². The minimum atomic E-state index is -0.247. The molecule has 0 saturated carbocycles. The van der Waals surface area contributed by atoms with Gasteiger partial charge in [-0.25, -0.2) is 0 Å². The summed E-state index contributed by atoms with van der Waals surface area (Å²) >= 11 is 5.96. The summed E-state index contributed by atoms with van der Waals surface area (Å²) in [4.78, 5) is 23.8. The van der Waals surface area contributed by atoms with Gasteiger partial charge in [-0.1, -0.05) is 48.0 Å². The van der Waals surface area contributed by atoms with Crippen LogP contribution in [0.4, 0.5) is 0 Å². The summed E-state index contributed by atoms with van der Waals surface area (Å²) in [5, 5.41) is 5.94. The van der Waals surface area contributed by atoms with Gasteiger partial charge in [0.2, 0.25) is 5.91 Å². The number of hydrogen-bond acceptors (Lipinski definition) is 2. The quantitative estimate of drug-likeness (QED) is 0.800. The fraction of sp³-hybridized carbons (Fsp3) is 0.222. The van der Waals surface area contributed by atoms with Crippen molar-refractivity contribution in [1.82, 2.24) is 10.6 Å². The van der Waals surface area contributed by atoms with Crippen LogP contribution in [0.2, 0.25) is 5.02 Å². The van der Waals surface area contributed by atoms with E-state index in [1.165, 1.54) is 0 Å². The third-order valence-electron chi connectivity index (χ3n) is 3.46. The van der Waals surface area contributed by atoms with Crippen LogP contribution in [0.5, 0.6) is 0 Å². The van der Waals surface area contributed by atoms with Gasteiger partial charge in [-0.3, -0.25) is 9.59 Å². The zero-order chi connectivity index (χ0) is 16.7. The SMILES string of the molecule is Cc1ccccc1CC(=O)NCCNC(=O)c1ccccc1Cl. The Morgan fingerprint density at radius 2 is 1.61 bits per heavy atom. The molecule has 0 unspecified atom stereocenters. The molecule has 0 aliphatic rings. The molecule has 0 atom stereocenters. The average Bonchev–Trinajstić information content (AvgIpc) is 2.54. The number of rotatable bonds is 6. The van der Waals surface area contributed by atoms with Crippen LogP contribution in [0.1, 0.15) is 21.5 Å². The summed E-state index contributed by atoms with van der Waals surface area (Å²) in [5.74, 6) is -0.310. The molecule has 5 heteroatoms. The Morgan fingerprint density at radius 3 is 2.35 bits per heavy atom. The van der Waals surface area contributed by atoms with Crippen LogP contribution >= 0.6 is 11.6 Å². The summed E-state index contributed by atoms with van der Waals surface area (Å²) < 4.78 is 0. The van der Waals surface area contributed by atoms with E-state index in [-0.39, 0.29) is 11.8 Å². The van der Waals surface area contributed by atoms with Crippen molar-refractivity contribution >= 4 is 23.4 Å². The molecule has 0 saturated heterocycles. The Balaban J connectivity index is 1.73. The molecule has 2 amide bonds. The number of carbonyl (C=O) groups is 2. The molecule has 23 heavy (non-hydrogen) atoms. The van der Waals surface area contributed by atoms with Gasteiger partial charge in [0.05, 0.1) is 17.0 Å². The Labute approximate surface area is 140 Å². The number of halogens is 1. The summed E-state index contributed by atoms with van der Waals surface area (Å²) in [6.45, 7) is 2.71. The van der Waals surface area contributed by atoms with Crippen LogP contribution in [0, 0.1) is 6.92 Å². The van der Waals surface area contributed by atoms with Gasteiger partial charge in [0.25, 0.3) is 5.91 Å². The maximum Gasteiger partial charge on any atom is 0.252 e. The predicted molar refractivity (Wildman–Crippen MR) is 91.7 cm³/mol. The van der Waals surface area contributed by atoms with Gasteiger partial charge in [-0.15, -0.1) is 0 Å². The Kier molecular flexibility index (Phi) is 6.18. The van der Waals surface area contributed by atoms with Crippen LogP contribution in [-0.4, -0.2) is 24.9 Å². The van der Waals surface area contributed by atoms with Crippen molar-refractivity contribution in [3.8, 4) is 0 Å². The topological polar surface area (TPSA) is 58.2 Å². The Bertz CT molecular complexity index is 701. The van der Waals surface area contributed by atoms with Crippen LogP contribution in [0.15, 0.2) is 48.5 Å². The van der Waals surface area contributed by atoms with E-state index in [0.717, 1.165) is 11.1 Å². The smallest absolute Gasteiger partial charge is 0.252 e. The van der Waals surface area contributed by atoms with E-state index >= 15 is 0 Å². The third kappa shape index (κ3) is 5.11. The molecule has 2 rings (SSSR count). The minimum Gasteiger partial charge on any atom is -0.354 e. The molecule has 4 nitrogen and oxygen atoms in total. The van der Waals surface area contributed by atoms with Crippen molar-refractivity contribution in [2.24, 2.45) is 0 Å². The summed E-state index contributed by atoms with van der Waals surface area (Å²) in [6.07, 6.45) is 0.338. The number of carbonyl (C=O) groups excluding carboxylic acids is 2. The number of aryl methyl sites for hydroxylation is 1. The van der Waals surface area contributed by atoms with Gasteiger partial charge in [0, 0.05) is 13.1 Å². The molecule has 0 bridgehead atoms. The summed E-state index contributed by atoms with van der Waals surface area (Å²) in [6, 6.07) is 14.6. The summed E-state index contributed by atoms with van der Waals surface area (Å²) in [5.41, 5.74) is 2.53. The lowest BCUT2D eigenvalue weighted by Gasteiger charge is -2.09. The van der Waals surface area contributed by atoms with Gasteiger partial charge in [0.1, 0.15) is 0 Å². The van der Waals surface area contributed by atoms with Gasteiger partial charge in [0.15, 0.2) is 0 Å². The molecule has 0 fully saturated rings. The van der Waals surface area contributed by atoms with Crippen molar-refractivity contribution < 1.29 is 9.59 Å². The normalized spacial score (nSPS) is 10.2. The maximum atomic E-state index is 11.9. The highest BCUT2D eigenvalue weighted by molar-refractivity contribution is 6.33. The van der Waals surface area contributed by atoms with E-state index < -0.39 is 0 Å². The van der Waals surface area contributed by atoms with E-state index in [9.17, 15) is 9.59 Å². The van der Waals surface area contributed by atoms with E-state index in [1.807, 2.05) is 31.2 Å². The fourth-order valence-corrected chi connectivity index (χ4v) is 2.38. The first-order chi connectivity index (χ1) is 11.1. The maximum absolute atomic E-state index is 11.9. The van der Waals surface area contributed by atoms with E-state index in [2.05, 4.69) is 10.6 Å². The van der Waals surface area contributed by atoms with E-state index in [0.29, 0.717) is 30.1 Å². The largest absolute Gasteiger partial charge is 0.354 e. The van der Waals surface area contributed by atoms with Gasteiger partial charge < -0.3 is 10.6 Å². The molecule has 0 aromatic heterocycles.